The molecule has 0 spiro atoms. The average Bonchev–Trinajstić information content (AvgIpc) is 2.96. The number of hydrogen-bond acceptors (Lipinski definition) is 3. The molecule has 4 nitrogen and oxygen atoms in total. The van der Waals surface area contributed by atoms with Gasteiger partial charge in [0.1, 0.15) is 0 Å². The lowest BCUT2D eigenvalue weighted by atomic mass is 10.1. The molecule has 0 fully saturated rings. The third-order valence-electron chi connectivity index (χ3n) is 2.91. The van der Waals surface area contributed by atoms with Crippen molar-refractivity contribution in [2.45, 2.75) is 18.9 Å². The molecule has 5 heteroatoms. The van der Waals surface area contributed by atoms with Crippen molar-refractivity contribution in [1.82, 2.24) is 5.32 Å². The molecule has 0 bridgehead atoms. The van der Waals surface area contributed by atoms with E-state index in [0.29, 0.717) is 12.0 Å². The molecule has 0 aliphatic carbocycles. The third kappa shape index (κ3) is 3.93. The third-order valence-corrected chi connectivity index (χ3v) is 3.64. The molecule has 2 rings (SSSR count). The summed E-state index contributed by atoms with van der Waals surface area (Å²) in [5.41, 5.74) is 1.67. The normalized spacial score (nSPS) is 11.8. The van der Waals surface area contributed by atoms with Gasteiger partial charge in [-0.05, 0) is 34.4 Å². The van der Waals surface area contributed by atoms with Gasteiger partial charge in [0, 0.05) is 6.42 Å². The van der Waals surface area contributed by atoms with Crippen molar-refractivity contribution in [2.75, 3.05) is 0 Å². The number of aliphatic carboxylic acids is 1. The SMILES string of the molecule is O=C(CCc1ccsc1)N[C@@H](C(=O)O)c1ccccc1. The zero-order chi connectivity index (χ0) is 14.4. The quantitative estimate of drug-likeness (QED) is 0.859. The van der Waals surface area contributed by atoms with E-state index in [2.05, 4.69) is 5.32 Å². The first-order valence-corrected chi connectivity index (χ1v) is 7.19. The predicted molar refractivity (Wildman–Crippen MR) is 77.6 cm³/mol. The van der Waals surface area contributed by atoms with Crippen LogP contribution in [0, 0.1) is 0 Å². The van der Waals surface area contributed by atoms with Crippen LogP contribution in [0.4, 0.5) is 0 Å². The molecule has 1 amide bonds. The van der Waals surface area contributed by atoms with Crippen molar-refractivity contribution in [2.24, 2.45) is 0 Å². The number of rotatable bonds is 6. The maximum Gasteiger partial charge on any atom is 0.330 e. The lowest BCUT2D eigenvalue weighted by molar-refractivity contribution is -0.142. The molecule has 2 N–H and O–H groups in total. The Morgan fingerprint density at radius 1 is 1.20 bits per heavy atom. The highest BCUT2D eigenvalue weighted by atomic mass is 32.1. The van der Waals surface area contributed by atoms with Crippen LogP contribution in [0.2, 0.25) is 0 Å². The number of hydrogen-bond donors (Lipinski definition) is 2. The van der Waals surface area contributed by atoms with E-state index >= 15 is 0 Å². The lowest BCUT2D eigenvalue weighted by Crippen LogP contribution is -2.33. The van der Waals surface area contributed by atoms with Crippen LogP contribution in [0.5, 0.6) is 0 Å². The Morgan fingerprint density at radius 3 is 2.55 bits per heavy atom. The fraction of sp³-hybridized carbons (Fsp3) is 0.200. The monoisotopic (exact) mass is 289 g/mol. The van der Waals surface area contributed by atoms with Crippen molar-refractivity contribution in [3.8, 4) is 0 Å². The molecule has 0 saturated carbocycles. The van der Waals surface area contributed by atoms with Gasteiger partial charge in [0.05, 0.1) is 0 Å². The zero-order valence-electron chi connectivity index (χ0n) is 10.8. The Morgan fingerprint density at radius 2 is 1.95 bits per heavy atom. The number of carboxylic acids is 1. The van der Waals surface area contributed by atoms with E-state index in [9.17, 15) is 14.7 Å². The molecule has 104 valence electrons. The van der Waals surface area contributed by atoms with E-state index in [1.165, 1.54) is 0 Å². The van der Waals surface area contributed by atoms with Gasteiger partial charge < -0.3 is 10.4 Å². The molecule has 0 aliphatic rings. The molecular weight excluding hydrogens is 274 g/mol. The summed E-state index contributed by atoms with van der Waals surface area (Å²) in [5, 5.41) is 15.7. The van der Waals surface area contributed by atoms with Gasteiger partial charge in [0.2, 0.25) is 5.91 Å². The standard InChI is InChI=1S/C15H15NO3S/c17-13(7-6-11-8-9-20-10-11)16-14(15(18)19)12-4-2-1-3-5-12/h1-5,8-10,14H,6-7H2,(H,16,17)(H,18,19)/t14-/m1/s1. The summed E-state index contributed by atoms with van der Waals surface area (Å²) in [6, 6.07) is 9.66. The van der Waals surface area contributed by atoms with Crippen LogP contribution in [0.1, 0.15) is 23.6 Å². The van der Waals surface area contributed by atoms with Gasteiger partial charge in [-0.3, -0.25) is 4.79 Å². The van der Waals surface area contributed by atoms with Crippen molar-refractivity contribution < 1.29 is 14.7 Å². The Labute approximate surface area is 121 Å². The summed E-state index contributed by atoms with van der Waals surface area (Å²) >= 11 is 1.58. The van der Waals surface area contributed by atoms with E-state index in [-0.39, 0.29) is 12.3 Å². The van der Waals surface area contributed by atoms with Crippen LogP contribution in [0.25, 0.3) is 0 Å². The van der Waals surface area contributed by atoms with E-state index in [1.54, 1.807) is 41.7 Å². The molecule has 0 aliphatic heterocycles. The number of thiophene rings is 1. The highest BCUT2D eigenvalue weighted by Gasteiger charge is 2.21. The fourth-order valence-corrected chi connectivity index (χ4v) is 2.56. The first-order valence-electron chi connectivity index (χ1n) is 6.25. The summed E-state index contributed by atoms with van der Waals surface area (Å²) < 4.78 is 0. The lowest BCUT2D eigenvalue weighted by Gasteiger charge is -2.14. The molecular formula is C15H15NO3S. The zero-order valence-corrected chi connectivity index (χ0v) is 11.6. The smallest absolute Gasteiger partial charge is 0.330 e. The van der Waals surface area contributed by atoms with Crippen LogP contribution >= 0.6 is 11.3 Å². The first-order chi connectivity index (χ1) is 9.66. The van der Waals surface area contributed by atoms with Gasteiger partial charge in [-0.1, -0.05) is 30.3 Å². The molecule has 1 aromatic heterocycles. The molecule has 2 aromatic rings. The first kappa shape index (κ1) is 14.3. The van der Waals surface area contributed by atoms with Crippen molar-refractivity contribution in [3.63, 3.8) is 0 Å². The van der Waals surface area contributed by atoms with E-state index in [0.717, 1.165) is 5.56 Å². The summed E-state index contributed by atoms with van der Waals surface area (Å²) in [6.07, 6.45) is 0.907. The molecule has 1 heterocycles. The summed E-state index contributed by atoms with van der Waals surface area (Å²) in [6.45, 7) is 0. The number of carbonyl (C=O) groups excluding carboxylic acids is 1. The minimum atomic E-state index is -1.06. The van der Waals surface area contributed by atoms with Gasteiger partial charge in [0.15, 0.2) is 6.04 Å². The van der Waals surface area contributed by atoms with Gasteiger partial charge in [-0.15, -0.1) is 0 Å². The van der Waals surface area contributed by atoms with Crippen LogP contribution in [-0.4, -0.2) is 17.0 Å². The second-order valence-electron chi connectivity index (χ2n) is 4.38. The number of carbonyl (C=O) groups is 2. The number of carboxylic acid groups (broad SMARTS) is 1. The van der Waals surface area contributed by atoms with E-state index in [1.807, 2.05) is 16.8 Å². The van der Waals surface area contributed by atoms with E-state index in [4.69, 9.17) is 0 Å². The summed E-state index contributed by atoms with van der Waals surface area (Å²) in [4.78, 5) is 23.1. The van der Waals surface area contributed by atoms with E-state index < -0.39 is 12.0 Å². The molecule has 0 saturated heterocycles. The Balaban J connectivity index is 1.95. The fourth-order valence-electron chi connectivity index (χ4n) is 1.86. The number of benzene rings is 1. The largest absolute Gasteiger partial charge is 0.479 e. The summed E-state index contributed by atoms with van der Waals surface area (Å²) in [7, 11) is 0. The topological polar surface area (TPSA) is 66.4 Å². The minimum absolute atomic E-state index is 0.257. The van der Waals surface area contributed by atoms with Crippen LogP contribution < -0.4 is 5.32 Å². The highest BCUT2D eigenvalue weighted by Crippen LogP contribution is 2.14. The molecule has 0 unspecified atom stereocenters. The Kier molecular flexibility index (Phi) is 4.90. The van der Waals surface area contributed by atoms with Crippen molar-refractivity contribution >= 4 is 23.2 Å². The Bertz CT molecular complexity index is 566. The molecule has 20 heavy (non-hydrogen) atoms. The molecule has 0 radical (unpaired) electrons. The minimum Gasteiger partial charge on any atom is -0.479 e. The maximum atomic E-state index is 11.9. The maximum absolute atomic E-state index is 11.9. The average molecular weight is 289 g/mol. The molecule has 1 aromatic carbocycles. The van der Waals surface area contributed by atoms with Gasteiger partial charge in [0.25, 0.3) is 0 Å². The van der Waals surface area contributed by atoms with Crippen molar-refractivity contribution in [1.29, 1.82) is 0 Å². The number of amides is 1. The van der Waals surface area contributed by atoms with Gasteiger partial charge in [-0.2, -0.15) is 11.3 Å². The second-order valence-corrected chi connectivity index (χ2v) is 5.16. The van der Waals surface area contributed by atoms with Gasteiger partial charge >= 0.3 is 5.97 Å². The van der Waals surface area contributed by atoms with Crippen LogP contribution in [0.15, 0.2) is 47.2 Å². The van der Waals surface area contributed by atoms with Crippen LogP contribution in [-0.2, 0) is 16.0 Å². The summed E-state index contributed by atoms with van der Waals surface area (Å²) in [5.74, 6) is -1.31. The predicted octanol–water partition coefficient (Wildman–Crippen LogP) is 2.62. The van der Waals surface area contributed by atoms with Crippen LogP contribution in [0.3, 0.4) is 0 Å². The number of aryl methyl sites for hydroxylation is 1. The highest BCUT2D eigenvalue weighted by molar-refractivity contribution is 7.07. The molecule has 1 atom stereocenters. The Hall–Kier alpha value is -2.14. The van der Waals surface area contributed by atoms with Gasteiger partial charge in [-0.25, -0.2) is 4.79 Å². The number of nitrogens with one attached hydrogen (secondary N) is 1. The second kappa shape index (κ2) is 6.86. The van der Waals surface area contributed by atoms with Crippen molar-refractivity contribution in [3.05, 3.63) is 58.3 Å².